The van der Waals surface area contributed by atoms with Crippen molar-refractivity contribution in [2.24, 2.45) is 0 Å². The van der Waals surface area contributed by atoms with Gasteiger partial charge in [0.15, 0.2) is 0 Å². The predicted octanol–water partition coefficient (Wildman–Crippen LogP) is 5.86. The van der Waals surface area contributed by atoms with Crippen molar-refractivity contribution in [3.63, 3.8) is 0 Å². The zero-order valence-electron chi connectivity index (χ0n) is 12.3. The number of hydrogen-bond acceptors (Lipinski definition) is 0. The van der Waals surface area contributed by atoms with E-state index in [0.717, 1.165) is 17.3 Å². The smallest absolute Gasteiger partial charge is 0.0459 e. The van der Waals surface area contributed by atoms with E-state index >= 15 is 0 Å². The first-order valence-corrected chi connectivity index (χ1v) is 8.40. The van der Waals surface area contributed by atoms with Crippen LogP contribution in [0.2, 0.25) is 0 Å². The summed E-state index contributed by atoms with van der Waals surface area (Å²) in [5, 5.41) is 1.39. The Morgan fingerprint density at radius 1 is 1.00 bits per heavy atom. The molecule has 0 atom stereocenters. The number of unbranched alkanes of at least 4 members (excludes halogenated alkanes) is 1. The maximum atomic E-state index is 3.62. The molecule has 0 unspecified atom stereocenters. The molecule has 0 aliphatic rings. The van der Waals surface area contributed by atoms with Crippen molar-refractivity contribution < 1.29 is 0 Å². The van der Waals surface area contributed by atoms with E-state index in [-0.39, 0.29) is 0 Å². The molecule has 1 N–H and O–H groups in total. The molecule has 2 aromatic carbocycles. The zero-order chi connectivity index (χ0) is 14.7. The Balaban J connectivity index is 1.97. The quantitative estimate of drug-likeness (QED) is 0.597. The number of hydrogen-bond donors (Lipinski definition) is 1. The van der Waals surface area contributed by atoms with E-state index in [1.807, 2.05) is 0 Å². The van der Waals surface area contributed by atoms with Crippen LogP contribution in [0.15, 0.2) is 53.0 Å². The molecule has 0 aliphatic heterocycles. The van der Waals surface area contributed by atoms with E-state index in [0.29, 0.717) is 0 Å². The number of H-pyrrole nitrogens is 1. The lowest BCUT2D eigenvalue weighted by Gasteiger charge is -2.05. The minimum absolute atomic E-state index is 0.973. The molecule has 1 heterocycles. The van der Waals surface area contributed by atoms with Gasteiger partial charge in [-0.3, -0.25) is 0 Å². The minimum Gasteiger partial charge on any atom is -0.358 e. The highest BCUT2D eigenvalue weighted by Gasteiger charge is 2.11. The van der Waals surface area contributed by atoms with E-state index in [2.05, 4.69) is 76.4 Å². The van der Waals surface area contributed by atoms with Crippen LogP contribution in [0, 0.1) is 0 Å². The maximum absolute atomic E-state index is 3.62. The first-order valence-electron chi connectivity index (χ1n) is 7.61. The average molecular weight is 342 g/mol. The highest BCUT2D eigenvalue weighted by Crippen LogP contribution is 2.26. The van der Waals surface area contributed by atoms with Gasteiger partial charge in [-0.2, -0.15) is 0 Å². The molecule has 2 heteroatoms. The third-order valence-corrected chi connectivity index (χ3v) is 4.51. The van der Waals surface area contributed by atoms with Gasteiger partial charge in [0.05, 0.1) is 0 Å². The molecule has 0 aliphatic carbocycles. The number of aromatic amines is 1. The van der Waals surface area contributed by atoms with Crippen LogP contribution in [-0.4, -0.2) is 4.98 Å². The fourth-order valence-corrected chi connectivity index (χ4v) is 3.12. The van der Waals surface area contributed by atoms with Gasteiger partial charge in [-0.05, 0) is 42.2 Å². The number of aryl methyl sites for hydroxylation is 1. The van der Waals surface area contributed by atoms with Crippen LogP contribution in [-0.2, 0) is 12.8 Å². The van der Waals surface area contributed by atoms with Crippen LogP contribution in [0.5, 0.6) is 0 Å². The molecule has 0 bridgehead atoms. The van der Waals surface area contributed by atoms with Crippen LogP contribution in [0.3, 0.4) is 0 Å². The van der Waals surface area contributed by atoms with Crippen molar-refractivity contribution >= 4 is 26.8 Å². The summed E-state index contributed by atoms with van der Waals surface area (Å²) in [7, 11) is 0. The lowest BCUT2D eigenvalue weighted by atomic mass is 10.0. The summed E-state index contributed by atoms with van der Waals surface area (Å²) in [5.74, 6) is 0. The number of rotatable bonds is 5. The summed E-state index contributed by atoms with van der Waals surface area (Å²) in [6.45, 7) is 2.25. The van der Waals surface area contributed by atoms with E-state index in [1.54, 1.807) is 0 Å². The molecular formula is C19H20BrN. The van der Waals surface area contributed by atoms with Crippen LogP contribution in [0.1, 0.15) is 36.6 Å². The second kappa shape index (κ2) is 6.48. The highest BCUT2D eigenvalue weighted by atomic mass is 79.9. The van der Waals surface area contributed by atoms with Crippen molar-refractivity contribution in [1.29, 1.82) is 0 Å². The molecule has 0 saturated carbocycles. The van der Waals surface area contributed by atoms with Crippen LogP contribution in [0.25, 0.3) is 10.9 Å². The fraction of sp³-hybridized carbons (Fsp3) is 0.263. The van der Waals surface area contributed by atoms with E-state index < -0.39 is 0 Å². The third-order valence-electron chi connectivity index (χ3n) is 3.98. The van der Waals surface area contributed by atoms with Crippen LogP contribution >= 0.6 is 15.9 Å². The minimum atomic E-state index is 0.973. The van der Waals surface area contributed by atoms with Crippen molar-refractivity contribution in [2.75, 3.05) is 0 Å². The second-order valence-corrected chi connectivity index (χ2v) is 6.45. The van der Waals surface area contributed by atoms with Gasteiger partial charge < -0.3 is 4.98 Å². The number of nitrogens with one attached hydrogen (secondary N) is 1. The highest BCUT2D eigenvalue weighted by molar-refractivity contribution is 9.10. The van der Waals surface area contributed by atoms with Crippen molar-refractivity contribution in [3.8, 4) is 0 Å². The fourth-order valence-electron chi connectivity index (χ4n) is 2.85. The zero-order valence-corrected chi connectivity index (χ0v) is 13.9. The lowest BCUT2D eigenvalue weighted by Crippen LogP contribution is -1.94. The van der Waals surface area contributed by atoms with E-state index in [9.17, 15) is 0 Å². The molecule has 3 rings (SSSR count). The molecule has 21 heavy (non-hydrogen) atoms. The Hall–Kier alpha value is -1.54. The van der Waals surface area contributed by atoms with Crippen LogP contribution in [0.4, 0.5) is 0 Å². The maximum Gasteiger partial charge on any atom is 0.0459 e. The van der Waals surface area contributed by atoms with Gasteiger partial charge in [-0.1, -0.05) is 59.6 Å². The molecule has 0 fully saturated rings. The topological polar surface area (TPSA) is 15.8 Å². The predicted molar refractivity (Wildman–Crippen MR) is 93.9 cm³/mol. The Morgan fingerprint density at radius 3 is 2.52 bits per heavy atom. The summed E-state index contributed by atoms with van der Waals surface area (Å²) < 4.78 is 1.13. The van der Waals surface area contributed by atoms with Gasteiger partial charge in [0, 0.05) is 27.5 Å². The molecule has 0 spiro atoms. The van der Waals surface area contributed by atoms with Gasteiger partial charge >= 0.3 is 0 Å². The lowest BCUT2D eigenvalue weighted by molar-refractivity contribution is 0.791. The Bertz CT molecular complexity index is 725. The number of halogens is 1. The molecular weight excluding hydrogens is 322 g/mol. The average Bonchev–Trinajstić information content (AvgIpc) is 2.85. The summed E-state index contributed by atoms with van der Waals surface area (Å²) >= 11 is 3.50. The van der Waals surface area contributed by atoms with E-state index in [1.165, 1.54) is 40.6 Å². The van der Waals surface area contributed by atoms with E-state index in [4.69, 9.17) is 0 Å². The second-order valence-electron chi connectivity index (χ2n) is 5.53. The van der Waals surface area contributed by atoms with Crippen molar-refractivity contribution in [1.82, 2.24) is 4.98 Å². The Kier molecular flexibility index (Phi) is 4.45. The molecule has 0 saturated heterocycles. The van der Waals surface area contributed by atoms with Gasteiger partial charge in [-0.25, -0.2) is 0 Å². The number of benzene rings is 2. The summed E-state index contributed by atoms with van der Waals surface area (Å²) in [4.78, 5) is 3.62. The summed E-state index contributed by atoms with van der Waals surface area (Å²) in [6.07, 6.45) is 4.61. The van der Waals surface area contributed by atoms with Gasteiger partial charge in [0.2, 0.25) is 0 Å². The van der Waals surface area contributed by atoms with Crippen molar-refractivity contribution in [2.45, 2.75) is 32.6 Å². The Labute approximate surface area is 134 Å². The summed E-state index contributed by atoms with van der Waals surface area (Å²) in [6, 6.07) is 17.3. The van der Waals surface area contributed by atoms with Gasteiger partial charge in [-0.15, -0.1) is 0 Å². The Morgan fingerprint density at radius 2 is 1.76 bits per heavy atom. The molecule has 0 amide bonds. The third kappa shape index (κ3) is 3.21. The first kappa shape index (κ1) is 14.4. The SMILES string of the molecule is CCCCc1c(Cc2ccc(Br)cc2)[nH]c2ccccc12. The molecule has 1 nitrogen and oxygen atoms in total. The van der Waals surface area contributed by atoms with Gasteiger partial charge in [0.1, 0.15) is 0 Å². The van der Waals surface area contributed by atoms with Crippen molar-refractivity contribution in [3.05, 3.63) is 69.8 Å². The van der Waals surface area contributed by atoms with Gasteiger partial charge in [0.25, 0.3) is 0 Å². The molecule has 108 valence electrons. The first-order chi connectivity index (χ1) is 10.3. The molecule has 1 aromatic heterocycles. The molecule has 3 aromatic rings. The largest absolute Gasteiger partial charge is 0.358 e. The number of aromatic nitrogens is 1. The normalized spacial score (nSPS) is 11.1. The number of fused-ring (bicyclic) bond motifs is 1. The summed E-state index contributed by atoms with van der Waals surface area (Å²) in [5.41, 5.74) is 5.47. The monoisotopic (exact) mass is 341 g/mol. The number of para-hydroxylation sites is 1. The van der Waals surface area contributed by atoms with Crippen LogP contribution < -0.4 is 0 Å². The standard InChI is InChI=1S/C19H20BrN/c1-2-3-6-17-16-7-4-5-8-18(16)21-19(17)13-14-9-11-15(20)12-10-14/h4-5,7-12,21H,2-3,6,13H2,1H3. The molecule has 0 radical (unpaired) electrons.